The first-order valence-electron chi connectivity index (χ1n) is 5.49. The van der Waals surface area contributed by atoms with Crippen LogP contribution in [0.25, 0.3) is 0 Å². The number of hydrogen-bond acceptors (Lipinski definition) is 2. The van der Waals surface area contributed by atoms with Crippen LogP contribution in [0.5, 0.6) is 0 Å². The largest absolute Gasteiger partial charge is 0.251 e. The number of rotatable bonds is 2. The van der Waals surface area contributed by atoms with E-state index in [-0.39, 0.29) is 5.60 Å². The fraction of sp³-hybridized carbons (Fsp3) is 1.00. The second-order valence-electron chi connectivity index (χ2n) is 4.03. The van der Waals surface area contributed by atoms with Crippen LogP contribution in [-0.4, -0.2) is 10.9 Å². The molecule has 0 aromatic carbocycles. The highest BCUT2D eigenvalue weighted by Crippen LogP contribution is 2.33. The third-order valence-electron chi connectivity index (χ3n) is 2.82. The lowest BCUT2D eigenvalue weighted by atomic mass is 9.79. The fourth-order valence-corrected chi connectivity index (χ4v) is 1.87. The summed E-state index contributed by atoms with van der Waals surface area (Å²) >= 11 is 0. The van der Waals surface area contributed by atoms with Crippen LogP contribution in [0.4, 0.5) is 0 Å². The van der Waals surface area contributed by atoms with Crippen LogP contribution in [0.2, 0.25) is 0 Å². The van der Waals surface area contributed by atoms with Gasteiger partial charge in [-0.25, -0.2) is 4.89 Å². The molecule has 80 valence electrons. The smallest absolute Gasteiger partial charge is 0.100 e. The average Bonchev–Trinajstić information content (AvgIpc) is 2.22. The summed E-state index contributed by atoms with van der Waals surface area (Å²) in [7, 11) is 0. The lowest BCUT2D eigenvalue weighted by Gasteiger charge is -2.33. The van der Waals surface area contributed by atoms with Crippen LogP contribution in [0.1, 0.15) is 59.8 Å². The molecule has 1 N–H and O–H groups in total. The van der Waals surface area contributed by atoms with E-state index in [4.69, 9.17) is 5.26 Å². The van der Waals surface area contributed by atoms with Gasteiger partial charge in [-0.2, -0.15) is 0 Å². The van der Waals surface area contributed by atoms with E-state index in [0.717, 1.165) is 0 Å². The zero-order valence-corrected chi connectivity index (χ0v) is 9.47. The maximum absolute atomic E-state index is 8.65. The third-order valence-corrected chi connectivity index (χ3v) is 2.82. The van der Waals surface area contributed by atoms with Gasteiger partial charge in [0.25, 0.3) is 0 Å². The van der Waals surface area contributed by atoms with Crippen molar-refractivity contribution in [2.45, 2.75) is 65.4 Å². The zero-order chi connectivity index (χ0) is 10.3. The van der Waals surface area contributed by atoms with Crippen molar-refractivity contribution in [2.24, 2.45) is 5.92 Å². The maximum atomic E-state index is 8.65. The summed E-state index contributed by atoms with van der Waals surface area (Å²) in [6.45, 7) is 7.92. The molecule has 2 nitrogen and oxygen atoms in total. The molecule has 0 unspecified atom stereocenters. The average molecular weight is 188 g/mol. The lowest BCUT2D eigenvalue weighted by Crippen LogP contribution is -2.34. The van der Waals surface area contributed by atoms with E-state index in [0.29, 0.717) is 5.92 Å². The molecule has 1 saturated carbocycles. The Kier molecular flexibility index (Phi) is 6.35. The van der Waals surface area contributed by atoms with Crippen molar-refractivity contribution >= 4 is 0 Å². The first-order valence-corrected chi connectivity index (χ1v) is 5.49. The second-order valence-corrected chi connectivity index (χ2v) is 4.03. The van der Waals surface area contributed by atoms with Crippen LogP contribution < -0.4 is 0 Å². The van der Waals surface area contributed by atoms with Crippen molar-refractivity contribution in [3.05, 3.63) is 0 Å². The van der Waals surface area contributed by atoms with Crippen LogP contribution in [0, 0.1) is 5.92 Å². The summed E-state index contributed by atoms with van der Waals surface area (Å²) < 4.78 is 0. The molecule has 1 fully saturated rings. The second kappa shape index (κ2) is 6.39. The predicted molar refractivity (Wildman–Crippen MR) is 55.7 cm³/mol. The minimum atomic E-state index is -0.333. The van der Waals surface area contributed by atoms with Gasteiger partial charge in [0, 0.05) is 0 Å². The van der Waals surface area contributed by atoms with Gasteiger partial charge in [0.1, 0.15) is 5.60 Å². The van der Waals surface area contributed by atoms with E-state index in [2.05, 4.69) is 4.89 Å². The van der Waals surface area contributed by atoms with Gasteiger partial charge >= 0.3 is 0 Å². The van der Waals surface area contributed by atoms with Gasteiger partial charge in [0.05, 0.1) is 0 Å². The Morgan fingerprint density at radius 1 is 1.08 bits per heavy atom. The molecule has 0 amide bonds. The molecule has 0 bridgehead atoms. The standard InChI is InChI=1S/C9H18O2.C2H6/c1-9(2,11-10)8-6-4-3-5-7-8;1-2/h8,10H,3-7H2,1-2H3;1-2H3. The molecule has 0 aromatic heterocycles. The molecule has 0 heterocycles. The molecule has 1 aliphatic carbocycles. The Hall–Kier alpha value is -0.0800. The fourth-order valence-electron chi connectivity index (χ4n) is 1.87. The van der Waals surface area contributed by atoms with Crippen molar-refractivity contribution in [3.8, 4) is 0 Å². The van der Waals surface area contributed by atoms with Crippen LogP contribution in [0.15, 0.2) is 0 Å². The third kappa shape index (κ3) is 4.10. The Labute approximate surface area is 82.2 Å². The Bertz CT molecular complexity index is 115. The first kappa shape index (κ1) is 12.9. The van der Waals surface area contributed by atoms with Crippen molar-refractivity contribution in [2.75, 3.05) is 0 Å². The van der Waals surface area contributed by atoms with Crippen molar-refractivity contribution in [1.29, 1.82) is 0 Å². The van der Waals surface area contributed by atoms with E-state index in [1.807, 2.05) is 27.7 Å². The minimum absolute atomic E-state index is 0.333. The Balaban J connectivity index is 0.000000671. The van der Waals surface area contributed by atoms with Gasteiger partial charge < -0.3 is 0 Å². The molecule has 0 aliphatic heterocycles. The van der Waals surface area contributed by atoms with Crippen LogP contribution >= 0.6 is 0 Å². The Morgan fingerprint density at radius 2 is 1.54 bits per heavy atom. The summed E-state index contributed by atoms with van der Waals surface area (Å²) in [5.41, 5.74) is -0.333. The van der Waals surface area contributed by atoms with Crippen molar-refractivity contribution in [1.82, 2.24) is 0 Å². The SMILES string of the molecule is CC.CC(C)(OO)C1CCCCC1. The Morgan fingerprint density at radius 3 is 1.92 bits per heavy atom. The van der Waals surface area contributed by atoms with E-state index in [9.17, 15) is 0 Å². The van der Waals surface area contributed by atoms with Gasteiger partial charge in [-0.3, -0.25) is 5.26 Å². The van der Waals surface area contributed by atoms with Gasteiger partial charge in [-0.05, 0) is 32.6 Å². The maximum Gasteiger partial charge on any atom is 0.100 e. The molecule has 13 heavy (non-hydrogen) atoms. The summed E-state index contributed by atoms with van der Waals surface area (Å²) in [6.07, 6.45) is 6.33. The topological polar surface area (TPSA) is 29.5 Å². The zero-order valence-electron chi connectivity index (χ0n) is 9.47. The summed E-state index contributed by atoms with van der Waals surface area (Å²) in [5, 5.41) is 8.65. The molecule has 0 saturated heterocycles. The lowest BCUT2D eigenvalue weighted by molar-refractivity contribution is -0.328. The monoisotopic (exact) mass is 188 g/mol. The molecule has 1 rings (SSSR count). The molecule has 0 spiro atoms. The summed E-state index contributed by atoms with van der Waals surface area (Å²) in [4.78, 5) is 4.48. The molecule has 0 atom stereocenters. The van der Waals surface area contributed by atoms with Gasteiger partial charge in [0.2, 0.25) is 0 Å². The minimum Gasteiger partial charge on any atom is -0.251 e. The van der Waals surface area contributed by atoms with Gasteiger partial charge in [-0.15, -0.1) is 0 Å². The van der Waals surface area contributed by atoms with Gasteiger partial charge in [-0.1, -0.05) is 33.1 Å². The van der Waals surface area contributed by atoms with Crippen molar-refractivity contribution < 1.29 is 10.1 Å². The normalized spacial score (nSPS) is 19.2. The molecule has 1 aliphatic rings. The highest BCUT2D eigenvalue weighted by molar-refractivity contribution is 4.80. The van der Waals surface area contributed by atoms with Gasteiger partial charge in [0.15, 0.2) is 0 Å². The summed E-state index contributed by atoms with van der Waals surface area (Å²) in [5.74, 6) is 0.543. The molecule has 2 heteroatoms. The highest BCUT2D eigenvalue weighted by atomic mass is 17.1. The van der Waals surface area contributed by atoms with Crippen LogP contribution in [-0.2, 0) is 4.89 Å². The van der Waals surface area contributed by atoms with E-state index < -0.39 is 0 Å². The predicted octanol–water partition coefficient (Wildman–Crippen LogP) is 3.86. The number of hydrogen-bond donors (Lipinski definition) is 1. The van der Waals surface area contributed by atoms with E-state index >= 15 is 0 Å². The molecule has 0 radical (unpaired) electrons. The molecule has 0 aromatic rings. The molecular weight excluding hydrogens is 164 g/mol. The van der Waals surface area contributed by atoms with E-state index in [1.54, 1.807) is 0 Å². The quantitative estimate of drug-likeness (QED) is 0.526. The first-order chi connectivity index (χ1) is 6.17. The molecular formula is C11H24O2. The highest BCUT2D eigenvalue weighted by Gasteiger charge is 2.31. The van der Waals surface area contributed by atoms with Crippen molar-refractivity contribution in [3.63, 3.8) is 0 Å². The summed E-state index contributed by atoms with van der Waals surface area (Å²) in [6, 6.07) is 0. The van der Waals surface area contributed by atoms with Crippen LogP contribution in [0.3, 0.4) is 0 Å². The van der Waals surface area contributed by atoms with E-state index in [1.165, 1.54) is 32.1 Å².